The number of benzene rings is 7. The topological polar surface area (TPSA) is 3.24 Å². The van der Waals surface area contributed by atoms with Crippen molar-refractivity contribution in [3.05, 3.63) is 150 Å². The van der Waals surface area contributed by atoms with Crippen molar-refractivity contribution in [1.29, 1.82) is 0 Å². The Hall–Kier alpha value is -4.95. The number of rotatable bonds is 4. The molecule has 1 aliphatic rings. The third-order valence-electron chi connectivity index (χ3n) is 9.65. The highest BCUT2D eigenvalue weighted by Gasteiger charge is 2.40. The summed E-state index contributed by atoms with van der Waals surface area (Å²) in [7, 11) is 0. The maximum Gasteiger partial charge on any atom is 0.123 e. The minimum atomic E-state index is -0.247. The van der Waals surface area contributed by atoms with E-state index in [9.17, 15) is 4.39 Å². The lowest BCUT2D eigenvalue weighted by molar-refractivity contribution is 0.628. The van der Waals surface area contributed by atoms with Gasteiger partial charge in [0.1, 0.15) is 5.82 Å². The Morgan fingerprint density at radius 2 is 1.02 bits per heavy atom. The van der Waals surface area contributed by atoms with Gasteiger partial charge in [-0.1, -0.05) is 113 Å². The average molecular weight is 572 g/mol. The van der Waals surface area contributed by atoms with E-state index in [1.54, 1.807) is 12.1 Å². The van der Waals surface area contributed by atoms with Crippen molar-refractivity contribution in [2.24, 2.45) is 0 Å². The van der Waals surface area contributed by atoms with Gasteiger partial charge in [0.15, 0.2) is 0 Å². The first-order valence-electron chi connectivity index (χ1n) is 15.5. The van der Waals surface area contributed by atoms with Crippen LogP contribution in [0.2, 0.25) is 0 Å². The SMILES string of the molecule is CC(C)c1ccc(N(c2ccc(F)cc2)c2cc3c(c4ccccc24)-c2c(c4ccccc4c4ccccc24)C3(C)C)cc1. The molecule has 0 aliphatic heterocycles. The van der Waals surface area contributed by atoms with Gasteiger partial charge in [0.05, 0.1) is 5.69 Å². The van der Waals surface area contributed by atoms with Gasteiger partial charge >= 0.3 is 0 Å². The second-order valence-electron chi connectivity index (χ2n) is 12.9. The van der Waals surface area contributed by atoms with E-state index in [0.717, 1.165) is 17.1 Å². The first kappa shape index (κ1) is 26.7. The predicted molar refractivity (Wildman–Crippen MR) is 185 cm³/mol. The lowest BCUT2D eigenvalue weighted by atomic mass is 9.79. The van der Waals surface area contributed by atoms with E-state index in [1.807, 2.05) is 12.1 Å². The summed E-state index contributed by atoms with van der Waals surface area (Å²) in [6, 6.07) is 44.6. The Balaban J connectivity index is 1.48. The minimum Gasteiger partial charge on any atom is -0.310 e. The first-order valence-corrected chi connectivity index (χ1v) is 15.5. The lowest BCUT2D eigenvalue weighted by Crippen LogP contribution is -2.17. The van der Waals surface area contributed by atoms with Crippen molar-refractivity contribution < 1.29 is 4.39 Å². The second kappa shape index (κ2) is 9.79. The molecule has 0 saturated carbocycles. The van der Waals surface area contributed by atoms with Crippen LogP contribution in [0.5, 0.6) is 0 Å². The quantitative estimate of drug-likeness (QED) is 0.190. The van der Waals surface area contributed by atoms with Crippen molar-refractivity contribution >= 4 is 49.4 Å². The van der Waals surface area contributed by atoms with Crippen molar-refractivity contribution in [3.63, 3.8) is 0 Å². The third kappa shape index (κ3) is 3.84. The highest BCUT2D eigenvalue weighted by atomic mass is 19.1. The summed E-state index contributed by atoms with van der Waals surface area (Å²) >= 11 is 0. The summed E-state index contributed by atoms with van der Waals surface area (Å²) in [5, 5.41) is 7.60. The summed E-state index contributed by atoms with van der Waals surface area (Å²) in [4.78, 5) is 2.29. The molecule has 0 amide bonds. The van der Waals surface area contributed by atoms with Crippen LogP contribution in [0, 0.1) is 5.82 Å². The van der Waals surface area contributed by atoms with Crippen LogP contribution in [0.15, 0.2) is 127 Å². The molecule has 1 aliphatic carbocycles. The molecule has 0 N–H and O–H groups in total. The number of nitrogens with zero attached hydrogens (tertiary/aromatic N) is 1. The molecule has 0 heterocycles. The molecule has 0 aromatic heterocycles. The zero-order valence-corrected chi connectivity index (χ0v) is 25.5. The van der Waals surface area contributed by atoms with Gasteiger partial charge in [-0.05, 0) is 103 Å². The number of halogens is 1. The first-order chi connectivity index (χ1) is 21.3. The normalized spacial score (nSPS) is 13.5. The highest BCUT2D eigenvalue weighted by Crippen LogP contribution is 2.58. The average Bonchev–Trinajstić information content (AvgIpc) is 3.29. The number of anilines is 3. The largest absolute Gasteiger partial charge is 0.310 e. The maximum absolute atomic E-state index is 14.2. The summed E-state index contributed by atoms with van der Waals surface area (Å²) in [6.45, 7) is 9.18. The zero-order valence-electron chi connectivity index (χ0n) is 25.5. The number of fused-ring (bicyclic) bond motifs is 10. The van der Waals surface area contributed by atoms with E-state index < -0.39 is 0 Å². The molecule has 0 saturated heterocycles. The fourth-order valence-electron chi connectivity index (χ4n) is 7.51. The molecule has 7 aromatic carbocycles. The van der Waals surface area contributed by atoms with Crippen molar-refractivity contribution in [1.82, 2.24) is 0 Å². The third-order valence-corrected chi connectivity index (χ3v) is 9.65. The molecule has 2 heteroatoms. The molecule has 1 nitrogen and oxygen atoms in total. The van der Waals surface area contributed by atoms with Crippen LogP contribution in [0.3, 0.4) is 0 Å². The fraction of sp³-hybridized carbons (Fsp3) is 0.143. The van der Waals surface area contributed by atoms with Crippen LogP contribution in [0.25, 0.3) is 43.4 Å². The van der Waals surface area contributed by atoms with Crippen molar-refractivity contribution in [3.8, 4) is 11.1 Å². The number of hydrogen-bond acceptors (Lipinski definition) is 1. The highest BCUT2D eigenvalue weighted by molar-refractivity contribution is 6.22. The van der Waals surface area contributed by atoms with Gasteiger partial charge in [0, 0.05) is 22.2 Å². The Labute approximate surface area is 258 Å². The number of hydrogen-bond donors (Lipinski definition) is 0. The monoisotopic (exact) mass is 571 g/mol. The molecule has 7 aromatic rings. The molecule has 214 valence electrons. The molecule has 0 fully saturated rings. The predicted octanol–water partition coefficient (Wildman–Crippen LogP) is 12.2. The van der Waals surface area contributed by atoms with E-state index in [-0.39, 0.29) is 11.2 Å². The van der Waals surface area contributed by atoms with Gasteiger partial charge in [0.2, 0.25) is 0 Å². The molecule has 44 heavy (non-hydrogen) atoms. The van der Waals surface area contributed by atoms with Gasteiger partial charge < -0.3 is 4.90 Å². The zero-order chi connectivity index (χ0) is 30.2. The molecule has 0 radical (unpaired) electrons. The molecule has 0 atom stereocenters. The van der Waals surface area contributed by atoms with Gasteiger partial charge in [-0.3, -0.25) is 0 Å². The summed E-state index contributed by atoms with van der Waals surface area (Å²) in [5.41, 5.74) is 9.49. The van der Waals surface area contributed by atoms with E-state index in [2.05, 4.69) is 136 Å². The van der Waals surface area contributed by atoms with E-state index in [4.69, 9.17) is 0 Å². The van der Waals surface area contributed by atoms with Crippen molar-refractivity contribution in [2.45, 2.75) is 39.0 Å². The van der Waals surface area contributed by atoms with Crippen LogP contribution < -0.4 is 4.90 Å². The Bertz CT molecular complexity index is 2220. The van der Waals surface area contributed by atoms with Crippen LogP contribution in [0.4, 0.5) is 21.5 Å². The molecule has 0 unspecified atom stereocenters. The second-order valence-corrected chi connectivity index (χ2v) is 12.9. The summed E-state index contributed by atoms with van der Waals surface area (Å²) in [6.07, 6.45) is 0. The van der Waals surface area contributed by atoms with Gasteiger partial charge in [-0.15, -0.1) is 0 Å². The van der Waals surface area contributed by atoms with Gasteiger partial charge in [-0.2, -0.15) is 0 Å². The summed E-state index contributed by atoms with van der Waals surface area (Å²) < 4.78 is 14.2. The van der Waals surface area contributed by atoms with E-state index in [0.29, 0.717) is 5.92 Å². The Morgan fingerprint density at radius 3 is 1.61 bits per heavy atom. The molecular weight excluding hydrogens is 537 g/mol. The van der Waals surface area contributed by atoms with Crippen LogP contribution in [0.1, 0.15) is 50.3 Å². The summed E-state index contributed by atoms with van der Waals surface area (Å²) in [5.74, 6) is 0.200. The van der Waals surface area contributed by atoms with E-state index in [1.165, 1.54) is 60.1 Å². The Morgan fingerprint density at radius 1 is 0.545 bits per heavy atom. The van der Waals surface area contributed by atoms with Gasteiger partial charge in [-0.25, -0.2) is 4.39 Å². The maximum atomic E-state index is 14.2. The fourth-order valence-corrected chi connectivity index (χ4v) is 7.51. The van der Waals surface area contributed by atoms with Crippen LogP contribution in [-0.4, -0.2) is 0 Å². The van der Waals surface area contributed by atoms with E-state index >= 15 is 0 Å². The lowest BCUT2D eigenvalue weighted by Gasteiger charge is -2.30. The van der Waals surface area contributed by atoms with Crippen molar-refractivity contribution in [2.75, 3.05) is 4.90 Å². The standard InChI is InChI=1S/C42H34FN/c1-26(2)27-17-21-29(22-18-27)44(30-23-19-28(43)20-24-30)38-25-37-39(35-15-9-7-13-33(35)38)40-34-14-8-5-11-31(34)32-12-6-10-16-36(32)41(40)42(37,3)4/h5-26H,1-4H3. The molecule has 0 bridgehead atoms. The molecule has 8 rings (SSSR count). The smallest absolute Gasteiger partial charge is 0.123 e. The van der Waals surface area contributed by atoms with Crippen LogP contribution in [-0.2, 0) is 5.41 Å². The Kier molecular flexibility index (Phi) is 5.93. The minimum absolute atomic E-state index is 0.238. The molecule has 0 spiro atoms. The molecular formula is C42H34FN. The van der Waals surface area contributed by atoms with Gasteiger partial charge in [0.25, 0.3) is 0 Å². The van der Waals surface area contributed by atoms with Crippen LogP contribution >= 0.6 is 0 Å².